The summed E-state index contributed by atoms with van der Waals surface area (Å²) in [5.41, 5.74) is 0.213. The monoisotopic (exact) mass is 266 g/mol. The van der Waals surface area contributed by atoms with Crippen molar-refractivity contribution in [3.8, 4) is 0 Å². The molecule has 1 saturated carbocycles. The van der Waals surface area contributed by atoms with Gasteiger partial charge in [0.25, 0.3) is 0 Å². The van der Waals surface area contributed by atoms with Crippen LogP contribution in [0.15, 0.2) is 11.6 Å². The molecular formula is C15H22O4. The Hall–Kier alpha value is -1.32. The first-order chi connectivity index (χ1) is 8.89. The highest BCUT2D eigenvalue weighted by atomic mass is 16.7. The van der Waals surface area contributed by atoms with Gasteiger partial charge in [-0.05, 0) is 58.3 Å². The summed E-state index contributed by atoms with van der Waals surface area (Å²) in [6.45, 7) is 5.00. The fourth-order valence-electron chi connectivity index (χ4n) is 2.60. The molecule has 2 aliphatic carbocycles. The normalized spacial score (nSPS) is 25.7. The van der Waals surface area contributed by atoms with Crippen LogP contribution in [0.3, 0.4) is 0 Å². The third-order valence-electron chi connectivity index (χ3n) is 3.95. The summed E-state index contributed by atoms with van der Waals surface area (Å²) in [6.07, 6.45) is 6.41. The Morgan fingerprint density at radius 2 is 1.95 bits per heavy atom. The number of ether oxygens (including phenoxy) is 2. The van der Waals surface area contributed by atoms with Gasteiger partial charge in [0.15, 0.2) is 0 Å². The number of hydrogen-bond acceptors (Lipinski definition) is 4. The van der Waals surface area contributed by atoms with Crippen LogP contribution in [-0.2, 0) is 19.1 Å². The lowest BCUT2D eigenvalue weighted by molar-refractivity contribution is -0.171. The van der Waals surface area contributed by atoms with Gasteiger partial charge >= 0.3 is 11.9 Å². The van der Waals surface area contributed by atoms with Gasteiger partial charge in [-0.25, -0.2) is 4.79 Å². The van der Waals surface area contributed by atoms with Crippen LogP contribution in [0.4, 0.5) is 0 Å². The number of rotatable bonds is 3. The molecule has 106 valence electrons. The molecule has 0 radical (unpaired) electrons. The summed E-state index contributed by atoms with van der Waals surface area (Å²) >= 11 is 0. The van der Waals surface area contributed by atoms with E-state index >= 15 is 0 Å². The van der Waals surface area contributed by atoms with E-state index in [0.29, 0.717) is 11.8 Å². The van der Waals surface area contributed by atoms with Gasteiger partial charge in [-0.15, -0.1) is 0 Å². The summed E-state index contributed by atoms with van der Waals surface area (Å²) in [5.74, 6) is 0.347. The van der Waals surface area contributed by atoms with Gasteiger partial charge in [-0.2, -0.15) is 0 Å². The van der Waals surface area contributed by atoms with Gasteiger partial charge in [0.2, 0.25) is 6.79 Å². The van der Waals surface area contributed by atoms with E-state index in [-0.39, 0.29) is 18.7 Å². The lowest BCUT2D eigenvalue weighted by Crippen LogP contribution is -2.34. The Balaban J connectivity index is 1.79. The van der Waals surface area contributed by atoms with E-state index in [4.69, 9.17) is 9.47 Å². The van der Waals surface area contributed by atoms with Crippen molar-refractivity contribution >= 4 is 11.9 Å². The van der Waals surface area contributed by atoms with E-state index in [1.165, 1.54) is 12.8 Å². The van der Waals surface area contributed by atoms with Crippen LogP contribution >= 0.6 is 0 Å². The number of carbonyl (C=O) groups excluding carboxylic acids is 2. The maximum Gasteiger partial charge on any atom is 0.336 e. The molecule has 0 spiro atoms. The van der Waals surface area contributed by atoms with Crippen molar-refractivity contribution in [1.29, 1.82) is 0 Å². The number of hydrogen-bond donors (Lipinski definition) is 0. The number of allylic oxidation sites excluding steroid dienone is 1. The number of carbonyl (C=O) groups is 2. The molecule has 0 heterocycles. The molecule has 4 nitrogen and oxygen atoms in total. The second kappa shape index (κ2) is 5.35. The zero-order chi connectivity index (χ0) is 14.0. The summed E-state index contributed by atoms with van der Waals surface area (Å²) in [6, 6.07) is 0. The Labute approximate surface area is 114 Å². The smallest absolute Gasteiger partial charge is 0.336 e. The lowest BCUT2D eigenvalue weighted by Gasteiger charge is -2.40. The molecule has 0 aromatic heterocycles. The van der Waals surface area contributed by atoms with Crippen molar-refractivity contribution < 1.29 is 19.1 Å². The fourth-order valence-corrected chi connectivity index (χ4v) is 2.60. The third kappa shape index (κ3) is 3.17. The second-order valence-corrected chi connectivity index (χ2v) is 6.41. The minimum Gasteiger partial charge on any atom is -0.427 e. The fraction of sp³-hybridized carbons (Fsp3) is 0.733. The summed E-state index contributed by atoms with van der Waals surface area (Å²) in [7, 11) is 0. The van der Waals surface area contributed by atoms with E-state index in [9.17, 15) is 9.59 Å². The second-order valence-electron chi connectivity index (χ2n) is 6.41. The van der Waals surface area contributed by atoms with Gasteiger partial charge in [0.1, 0.15) is 0 Å². The number of esters is 2. The highest BCUT2D eigenvalue weighted by Gasteiger charge is 2.38. The van der Waals surface area contributed by atoms with Crippen molar-refractivity contribution in [2.24, 2.45) is 17.3 Å². The van der Waals surface area contributed by atoms with Crippen molar-refractivity contribution in [2.45, 2.75) is 46.5 Å². The standard InChI is InChI=1S/C15H22O4/c1-15(2,3)14(17)19-9-18-13(16)12-6-4-5-10-7-8-11(10)12/h6,10-11H,4-5,7-9H2,1-3H3. The van der Waals surface area contributed by atoms with Crippen LogP contribution in [0.1, 0.15) is 46.5 Å². The predicted octanol–water partition coefficient (Wildman–Crippen LogP) is 2.82. The van der Waals surface area contributed by atoms with Gasteiger partial charge in [-0.3, -0.25) is 4.79 Å². The van der Waals surface area contributed by atoms with Gasteiger partial charge in [0.05, 0.1) is 5.41 Å². The van der Waals surface area contributed by atoms with Crippen LogP contribution in [0, 0.1) is 17.3 Å². The molecule has 2 unspecified atom stereocenters. The topological polar surface area (TPSA) is 52.6 Å². The van der Waals surface area contributed by atoms with E-state index in [1.807, 2.05) is 6.08 Å². The molecule has 0 bridgehead atoms. The molecule has 0 aliphatic heterocycles. The molecule has 4 heteroatoms. The van der Waals surface area contributed by atoms with E-state index in [1.54, 1.807) is 20.8 Å². The summed E-state index contributed by atoms with van der Waals surface area (Å²) in [5, 5.41) is 0. The van der Waals surface area contributed by atoms with Gasteiger partial charge in [0, 0.05) is 5.57 Å². The molecule has 2 atom stereocenters. The molecule has 0 aromatic carbocycles. The van der Waals surface area contributed by atoms with Crippen LogP contribution < -0.4 is 0 Å². The van der Waals surface area contributed by atoms with Crippen molar-refractivity contribution in [3.63, 3.8) is 0 Å². The number of fused-ring (bicyclic) bond motifs is 1. The molecule has 0 aromatic rings. The van der Waals surface area contributed by atoms with Gasteiger partial charge in [-0.1, -0.05) is 6.08 Å². The minimum absolute atomic E-state index is 0.288. The van der Waals surface area contributed by atoms with Crippen molar-refractivity contribution in [2.75, 3.05) is 6.79 Å². The van der Waals surface area contributed by atoms with Crippen LogP contribution in [0.25, 0.3) is 0 Å². The van der Waals surface area contributed by atoms with Crippen LogP contribution in [0.2, 0.25) is 0 Å². The average molecular weight is 266 g/mol. The Morgan fingerprint density at radius 3 is 2.53 bits per heavy atom. The maximum atomic E-state index is 11.9. The highest BCUT2D eigenvalue weighted by Crippen LogP contribution is 2.45. The molecule has 19 heavy (non-hydrogen) atoms. The van der Waals surface area contributed by atoms with E-state index < -0.39 is 5.41 Å². The maximum absolute atomic E-state index is 11.9. The first-order valence-electron chi connectivity index (χ1n) is 6.94. The zero-order valence-electron chi connectivity index (χ0n) is 11.9. The zero-order valence-corrected chi connectivity index (χ0v) is 11.9. The summed E-state index contributed by atoms with van der Waals surface area (Å²) in [4.78, 5) is 23.5. The highest BCUT2D eigenvalue weighted by molar-refractivity contribution is 5.89. The first-order valence-corrected chi connectivity index (χ1v) is 6.94. The largest absolute Gasteiger partial charge is 0.427 e. The third-order valence-corrected chi connectivity index (χ3v) is 3.95. The summed E-state index contributed by atoms with van der Waals surface area (Å²) < 4.78 is 9.99. The SMILES string of the molecule is CC(C)(C)C(=O)OCOC(=O)C1=CCCC2CCC12. The van der Waals surface area contributed by atoms with E-state index in [0.717, 1.165) is 18.4 Å². The van der Waals surface area contributed by atoms with Crippen LogP contribution in [0.5, 0.6) is 0 Å². The van der Waals surface area contributed by atoms with Gasteiger partial charge < -0.3 is 9.47 Å². The first kappa shape index (κ1) is 14.1. The minimum atomic E-state index is -0.574. The van der Waals surface area contributed by atoms with Crippen molar-refractivity contribution in [3.05, 3.63) is 11.6 Å². The molecule has 2 aliphatic rings. The Bertz CT molecular complexity index is 403. The lowest BCUT2D eigenvalue weighted by atomic mass is 9.65. The Morgan fingerprint density at radius 1 is 1.21 bits per heavy atom. The Kier molecular flexibility index (Phi) is 3.97. The van der Waals surface area contributed by atoms with E-state index in [2.05, 4.69) is 0 Å². The van der Waals surface area contributed by atoms with Crippen molar-refractivity contribution in [1.82, 2.24) is 0 Å². The molecular weight excluding hydrogens is 244 g/mol. The average Bonchev–Trinajstić information content (AvgIpc) is 2.28. The molecule has 2 rings (SSSR count). The molecule has 0 N–H and O–H groups in total. The molecule has 1 fully saturated rings. The van der Waals surface area contributed by atoms with Crippen LogP contribution in [-0.4, -0.2) is 18.7 Å². The molecule has 0 amide bonds. The quantitative estimate of drug-likeness (QED) is 0.582. The molecule has 0 saturated heterocycles. The predicted molar refractivity (Wildman–Crippen MR) is 70.0 cm³/mol.